The molecule has 0 saturated carbocycles. The second kappa shape index (κ2) is 13.8. The molecule has 1 heterocycles. The van der Waals surface area contributed by atoms with E-state index in [9.17, 15) is 4.79 Å². The molecule has 1 aromatic heterocycles. The van der Waals surface area contributed by atoms with Crippen LogP contribution in [0.25, 0.3) is 22.3 Å². The van der Waals surface area contributed by atoms with Crippen LogP contribution in [0, 0.1) is 0 Å². The highest BCUT2D eigenvalue weighted by Crippen LogP contribution is 2.31. The summed E-state index contributed by atoms with van der Waals surface area (Å²) in [6.45, 7) is 7.98. The second-order valence-electron chi connectivity index (χ2n) is 9.34. The fraction of sp³-hybridized carbons (Fsp3) is 0.452. The van der Waals surface area contributed by atoms with Gasteiger partial charge in [0.25, 0.3) is 0 Å². The molecule has 0 aliphatic heterocycles. The summed E-state index contributed by atoms with van der Waals surface area (Å²) in [6.07, 6.45) is 13.1. The number of unbranched alkanes of at least 4 members (excludes halogenated alkanes) is 8. The molecule has 3 heteroatoms. The van der Waals surface area contributed by atoms with Crippen molar-refractivity contribution in [3.8, 4) is 11.3 Å². The number of benzene rings is 2. The lowest BCUT2D eigenvalue weighted by Gasteiger charge is -2.05. The van der Waals surface area contributed by atoms with E-state index in [0.29, 0.717) is 12.2 Å². The van der Waals surface area contributed by atoms with E-state index in [1.807, 2.05) is 0 Å². The van der Waals surface area contributed by atoms with Gasteiger partial charge in [0.05, 0.1) is 6.61 Å². The number of carbonyl (C=O) groups excluding carboxylic acids is 1. The van der Waals surface area contributed by atoms with Crippen molar-refractivity contribution in [2.75, 3.05) is 6.61 Å². The summed E-state index contributed by atoms with van der Waals surface area (Å²) in [7, 11) is 0. The largest absolute Gasteiger partial charge is 0.462 e. The highest BCUT2D eigenvalue weighted by Gasteiger charge is 2.10. The SMILES string of the molecule is C=C(C)C(=O)OCCCCCCCCCCCc1ccc2cc(-c3ccccc3CC)oc2c1. The molecule has 0 amide bonds. The van der Waals surface area contributed by atoms with Crippen LogP contribution in [0.3, 0.4) is 0 Å². The van der Waals surface area contributed by atoms with Crippen LogP contribution in [0.5, 0.6) is 0 Å². The first kappa shape index (κ1) is 25.8. The summed E-state index contributed by atoms with van der Waals surface area (Å²) in [6, 6.07) is 17.3. The number of esters is 1. The molecule has 0 N–H and O–H groups in total. The molecule has 0 aliphatic carbocycles. The minimum atomic E-state index is -0.272. The predicted molar refractivity (Wildman–Crippen MR) is 142 cm³/mol. The van der Waals surface area contributed by atoms with Crippen LogP contribution in [0.4, 0.5) is 0 Å². The molecular formula is C31H40O3. The van der Waals surface area contributed by atoms with Crippen molar-refractivity contribution in [1.82, 2.24) is 0 Å². The Bertz CT molecular complexity index is 1060. The third-order valence-corrected chi connectivity index (χ3v) is 6.44. The summed E-state index contributed by atoms with van der Waals surface area (Å²) in [5.74, 6) is 0.698. The van der Waals surface area contributed by atoms with E-state index in [1.54, 1.807) is 6.92 Å². The summed E-state index contributed by atoms with van der Waals surface area (Å²) < 4.78 is 11.4. The van der Waals surface area contributed by atoms with Crippen LogP contribution in [0.2, 0.25) is 0 Å². The van der Waals surface area contributed by atoms with Crippen LogP contribution < -0.4 is 0 Å². The van der Waals surface area contributed by atoms with Gasteiger partial charge in [-0.3, -0.25) is 0 Å². The van der Waals surface area contributed by atoms with E-state index in [-0.39, 0.29) is 5.97 Å². The number of hydrogen-bond acceptors (Lipinski definition) is 3. The third kappa shape index (κ3) is 7.90. The van der Waals surface area contributed by atoms with E-state index in [0.717, 1.165) is 37.0 Å². The first-order valence-corrected chi connectivity index (χ1v) is 13.0. The monoisotopic (exact) mass is 460 g/mol. The van der Waals surface area contributed by atoms with E-state index < -0.39 is 0 Å². The highest BCUT2D eigenvalue weighted by molar-refractivity contribution is 5.87. The lowest BCUT2D eigenvalue weighted by molar-refractivity contribution is -0.139. The molecule has 0 atom stereocenters. The van der Waals surface area contributed by atoms with Crippen LogP contribution >= 0.6 is 0 Å². The fourth-order valence-electron chi connectivity index (χ4n) is 4.39. The molecule has 0 unspecified atom stereocenters. The van der Waals surface area contributed by atoms with Crippen molar-refractivity contribution in [2.24, 2.45) is 0 Å². The lowest BCUT2D eigenvalue weighted by atomic mass is 10.0. The number of aryl methyl sites for hydroxylation is 2. The maximum Gasteiger partial charge on any atom is 0.333 e. The van der Waals surface area contributed by atoms with Crippen molar-refractivity contribution < 1.29 is 13.9 Å². The molecule has 2 aromatic carbocycles. The maximum atomic E-state index is 11.3. The van der Waals surface area contributed by atoms with E-state index >= 15 is 0 Å². The van der Waals surface area contributed by atoms with Gasteiger partial charge in [-0.2, -0.15) is 0 Å². The molecule has 0 spiro atoms. The van der Waals surface area contributed by atoms with E-state index in [1.165, 1.54) is 67.0 Å². The van der Waals surface area contributed by atoms with Crippen molar-refractivity contribution in [3.05, 3.63) is 71.8 Å². The van der Waals surface area contributed by atoms with Gasteiger partial charge in [-0.15, -0.1) is 0 Å². The van der Waals surface area contributed by atoms with Gasteiger partial charge in [0.1, 0.15) is 11.3 Å². The van der Waals surface area contributed by atoms with Crippen LogP contribution in [0.1, 0.15) is 82.8 Å². The molecule has 3 nitrogen and oxygen atoms in total. The molecule has 0 radical (unpaired) electrons. The normalized spacial score (nSPS) is 11.1. The Kier molecular flexibility index (Phi) is 10.5. The number of rotatable bonds is 15. The van der Waals surface area contributed by atoms with Gasteiger partial charge < -0.3 is 9.15 Å². The molecule has 0 aliphatic rings. The molecule has 0 bridgehead atoms. The molecule has 34 heavy (non-hydrogen) atoms. The summed E-state index contributed by atoms with van der Waals surface area (Å²) in [4.78, 5) is 11.3. The summed E-state index contributed by atoms with van der Waals surface area (Å²) >= 11 is 0. The standard InChI is InChI=1S/C31H40O3/c1-4-26-17-13-14-18-28(26)30-23-27-20-19-25(22-29(27)34-30)16-12-10-8-6-5-7-9-11-15-21-33-31(32)24(2)3/h13-14,17-20,22-23H,2,4-12,15-16,21H2,1,3H3. The van der Waals surface area contributed by atoms with Crippen molar-refractivity contribution >= 4 is 16.9 Å². The van der Waals surface area contributed by atoms with Crippen LogP contribution in [-0.4, -0.2) is 12.6 Å². The first-order valence-electron chi connectivity index (χ1n) is 13.0. The smallest absolute Gasteiger partial charge is 0.333 e. The van der Waals surface area contributed by atoms with Crippen LogP contribution in [0.15, 0.2) is 65.1 Å². The number of ether oxygens (including phenoxy) is 1. The first-order chi connectivity index (χ1) is 16.6. The van der Waals surface area contributed by atoms with Gasteiger partial charge in [0.2, 0.25) is 0 Å². The maximum absolute atomic E-state index is 11.3. The van der Waals surface area contributed by atoms with Gasteiger partial charge >= 0.3 is 5.97 Å². The Morgan fingerprint density at radius 2 is 1.56 bits per heavy atom. The molecular weight excluding hydrogens is 420 g/mol. The predicted octanol–water partition coefficient (Wildman–Crippen LogP) is 8.83. The highest BCUT2D eigenvalue weighted by atomic mass is 16.5. The Hall–Kier alpha value is -2.81. The van der Waals surface area contributed by atoms with Crippen molar-refractivity contribution in [3.63, 3.8) is 0 Å². The molecule has 182 valence electrons. The fourth-order valence-corrected chi connectivity index (χ4v) is 4.39. The molecule has 3 aromatic rings. The molecule has 0 saturated heterocycles. The van der Waals surface area contributed by atoms with Crippen molar-refractivity contribution in [2.45, 2.75) is 84.5 Å². The minimum absolute atomic E-state index is 0.272. The van der Waals surface area contributed by atoms with E-state index in [2.05, 4.69) is 62.0 Å². The van der Waals surface area contributed by atoms with Crippen LogP contribution in [-0.2, 0) is 22.4 Å². The second-order valence-corrected chi connectivity index (χ2v) is 9.34. The minimum Gasteiger partial charge on any atom is -0.462 e. The van der Waals surface area contributed by atoms with Gasteiger partial charge in [-0.25, -0.2) is 4.79 Å². The average molecular weight is 461 g/mol. The number of carbonyl (C=O) groups is 1. The zero-order valence-corrected chi connectivity index (χ0v) is 21.0. The lowest BCUT2D eigenvalue weighted by Crippen LogP contribution is -2.05. The molecule has 0 fully saturated rings. The number of hydrogen-bond donors (Lipinski definition) is 0. The molecule has 3 rings (SSSR count). The van der Waals surface area contributed by atoms with Gasteiger partial charge in [-0.05, 0) is 55.9 Å². The van der Waals surface area contributed by atoms with Gasteiger partial charge in [0, 0.05) is 16.5 Å². The summed E-state index contributed by atoms with van der Waals surface area (Å²) in [5, 5.41) is 1.18. The quantitative estimate of drug-likeness (QED) is 0.129. The van der Waals surface area contributed by atoms with Crippen molar-refractivity contribution in [1.29, 1.82) is 0 Å². The average Bonchev–Trinajstić information content (AvgIpc) is 3.27. The van der Waals surface area contributed by atoms with E-state index in [4.69, 9.17) is 9.15 Å². The summed E-state index contributed by atoms with van der Waals surface area (Å²) in [5.41, 5.74) is 5.36. The Labute approximate surface area is 205 Å². The Balaban J connectivity index is 1.30. The topological polar surface area (TPSA) is 39.4 Å². The Morgan fingerprint density at radius 1 is 0.882 bits per heavy atom. The number of furan rings is 1. The van der Waals surface area contributed by atoms with Gasteiger partial charge in [-0.1, -0.05) is 94.8 Å². The Morgan fingerprint density at radius 3 is 2.26 bits per heavy atom. The number of fused-ring (bicyclic) bond motifs is 1. The zero-order valence-electron chi connectivity index (χ0n) is 21.0. The zero-order chi connectivity index (χ0) is 24.2. The third-order valence-electron chi connectivity index (χ3n) is 6.44. The van der Waals surface area contributed by atoms with Gasteiger partial charge in [0.15, 0.2) is 0 Å².